The largest absolute Gasteiger partial charge is 0.394 e. The molecular formula is C81H135NO18. The molecule has 3 aliphatic rings. The van der Waals surface area contributed by atoms with Gasteiger partial charge in [0.15, 0.2) is 18.9 Å². The molecule has 1 amide bonds. The number of carbonyl (C=O) groups excluding carboxylic acids is 1. The number of hydrogen-bond donors (Lipinski definition) is 12. The van der Waals surface area contributed by atoms with Crippen LogP contribution in [0.2, 0.25) is 0 Å². The molecule has 19 heteroatoms. The summed E-state index contributed by atoms with van der Waals surface area (Å²) in [4.78, 5) is 13.4. The van der Waals surface area contributed by atoms with E-state index in [4.69, 9.17) is 28.4 Å². The molecular weight excluding hydrogens is 1270 g/mol. The molecule has 3 heterocycles. The molecule has 0 spiro atoms. The van der Waals surface area contributed by atoms with Gasteiger partial charge >= 0.3 is 0 Å². The summed E-state index contributed by atoms with van der Waals surface area (Å²) in [5.41, 5.74) is 0. The van der Waals surface area contributed by atoms with E-state index in [2.05, 4.69) is 141 Å². The van der Waals surface area contributed by atoms with Crippen molar-refractivity contribution in [3.8, 4) is 0 Å². The Morgan fingerprint density at radius 3 is 1.12 bits per heavy atom. The molecule has 0 bridgehead atoms. The molecule has 0 aromatic rings. The van der Waals surface area contributed by atoms with Gasteiger partial charge in [-0.15, -0.1) is 0 Å². The lowest BCUT2D eigenvalue weighted by Crippen LogP contribution is -2.66. The number of hydrogen-bond acceptors (Lipinski definition) is 18. The molecule has 0 aromatic heterocycles. The van der Waals surface area contributed by atoms with E-state index >= 15 is 0 Å². The first-order valence-corrected chi connectivity index (χ1v) is 38.4. The molecule has 17 unspecified atom stereocenters. The predicted octanol–water partition coefficient (Wildman–Crippen LogP) is 12.1. The highest BCUT2D eigenvalue weighted by atomic mass is 16.8. The van der Waals surface area contributed by atoms with Gasteiger partial charge in [-0.2, -0.15) is 0 Å². The first-order chi connectivity index (χ1) is 48.8. The number of ether oxygens (including phenoxy) is 6. The Bertz CT molecular complexity index is 2330. The topological polar surface area (TPSA) is 307 Å². The van der Waals surface area contributed by atoms with Gasteiger partial charge in [-0.25, -0.2) is 0 Å². The summed E-state index contributed by atoms with van der Waals surface area (Å²) in [6.07, 6.45) is 58.5. The van der Waals surface area contributed by atoms with E-state index in [1.54, 1.807) is 6.08 Å². The van der Waals surface area contributed by atoms with E-state index in [0.29, 0.717) is 12.8 Å². The fraction of sp³-hybridized carbons (Fsp3) is 0.716. The van der Waals surface area contributed by atoms with Crippen LogP contribution in [0.3, 0.4) is 0 Å². The predicted molar refractivity (Wildman–Crippen MR) is 396 cm³/mol. The summed E-state index contributed by atoms with van der Waals surface area (Å²) in [5.74, 6) is -0.322. The first kappa shape index (κ1) is 90.1. The Morgan fingerprint density at radius 1 is 0.370 bits per heavy atom. The van der Waals surface area contributed by atoms with Crippen molar-refractivity contribution in [2.45, 2.75) is 343 Å². The maximum Gasteiger partial charge on any atom is 0.220 e. The van der Waals surface area contributed by atoms with Gasteiger partial charge in [0.05, 0.1) is 38.6 Å². The van der Waals surface area contributed by atoms with Crippen LogP contribution in [0.1, 0.15) is 239 Å². The van der Waals surface area contributed by atoms with Gasteiger partial charge in [0.25, 0.3) is 0 Å². The van der Waals surface area contributed by atoms with Crippen LogP contribution < -0.4 is 5.32 Å². The lowest BCUT2D eigenvalue weighted by molar-refractivity contribution is -0.379. The van der Waals surface area contributed by atoms with Crippen LogP contribution in [-0.4, -0.2) is 193 Å². The normalized spacial score (nSPS) is 27.2. The quantitative estimate of drug-likeness (QED) is 0.0199. The lowest BCUT2D eigenvalue weighted by Gasteiger charge is -2.48. The van der Waals surface area contributed by atoms with Crippen molar-refractivity contribution in [1.82, 2.24) is 5.32 Å². The zero-order chi connectivity index (χ0) is 72.5. The number of aliphatic hydroxyl groups excluding tert-OH is 11. The van der Waals surface area contributed by atoms with Gasteiger partial charge < -0.3 is 89.9 Å². The summed E-state index contributed by atoms with van der Waals surface area (Å²) < 4.78 is 34.4. The smallest absolute Gasteiger partial charge is 0.220 e. The second kappa shape index (κ2) is 60.2. The van der Waals surface area contributed by atoms with Gasteiger partial charge in [0, 0.05) is 6.42 Å². The van der Waals surface area contributed by atoms with Gasteiger partial charge in [0.1, 0.15) is 73.2 Å². The van der Waals surface area contributed by atoms with Crippen LogP contribution in [0, 0.1) is 0 Å². The SMILES string of the molecule is CC/C=C\C/C=C\C/C=C\C/C=C\C/C=C\C/C=C\C/C=C\C/C=C\C/C=C\CCCCCC(=O)NC(COC1OC(CO)C(OC2OC(CO)C(OC3OC(CO)C(O)C(O)C3O)C(O)C2O)C(O)C1O)C(O)/C=C/CC/C=C/CCCCCCCCCCCCCCCCCCCC. The number of carbonyl (C=O) groups is 1. The van der Waals surface area contributed by atoms with Crippen molar-refractivity contribution in [2.24, 2.45) is 0 Å². The fourth-order valence-corrected chi connectivity index (χ4v) is 12.0. The number of unbranched alkanes of at least 4 members (excludes halogenated alkanes) is 22. The highest BCUT2D eigenvalue weighted by Gasteiger charge is 2.53. The maximum absolute atomic E-state index is 13.4. The van der Waals surface area contributed by atoms with Crippen LogP contribution in [-0.2, 0) is 33.2 Å². The second-order valence-corrected chi connectivity index (χ2v) is 26.7. The third kappa shape index (κ3) is 40.3. The Morgan fingerprint density at radius 2 is 0.700 bits per heavy atom. The highest BCUT2D eigenvalue weighted by Crippen LogP contribution is 2.33. The van der Waals surface area contributed by atoms with Crippen LogP contribution in [0.25, 0.3) is 0 Å². The number of aliphatic hydroxyl groups is 11. The van der Waals surface area contributed by atoms with Gasteiger partial charge in [-0.1, -0.05) is 263 Å². The average Bonchev–Trinajstić information content (AvgIpc) is 0.783. The minimum atomic E-state index is -1.99. The Labute approximate surface area is 600 Å². The molecule has 17 atom stereocenters. The number of amides is 1. The van der Waals surface area contributed by atoms with Crippen molar-refractivity contribution >= 4 is 5.91 Å². The molecule has 3 aliphatic heterocycles. The number of nitrogens with one attached hydrogen (secondary N) is 1. The fourth-order valence-electron chi connectivity index (χ4n) is 12.0. The Kier molecular flexibility index (Phi) is 54.3. The number of rotatable bonds is 58. The molecule has 0 aromatic carbocycles. The summed E-state index contributed by atoms with van der Waals surface area (Å²) in [6, 6.07) is -1.02. The lowest BCUT2D eigenvalue weighted by atomic mass is 9.96. The van der Waals surface area contributed by atoms with Crippen molar-refractivity contribution in [1.29, 1.82) is 0 Å². The van der Waals surface area contributed by atoms with E-state index in [1.807, 2.05) is 6.08 Å². The zero-order valence-electron chi connectivity index (χ0n) is 60.9. The van der Waals surface area contributed by atoms with Gasteiger partial charge in [-0.05, 0) is 103 Å². The third-order valence-electron chi connectivity index (χ3n) is 18.2. The van der Waals surface area contributed by atoms with E-state index in [9.17, 15) is 61.0 Å². The minimum absolute atomic E-state index is 0.186. The second-order valence-electron chi connectivity index (χ2n) is 26.7. The van der Waals surface area contributed by atoms with Crippen LogP contribution in [0.4, 0.5) is 0 Å². The zero-order valence-corrected chi connectivity index (χ0v) is 60.9. The standard InChI is InChI=1S/C81H135NO18/c1-3-5-7-9-11-13-15-17-19-21-23-25-27-29-30-31-32-33-34-35-37-39-41-43-45-47-49-51-53-55-57-59-69(87)82-64(65(86)58-56-54-52-50-48-46-44-42-40-38-36-28-26-24-22-20-18-16-14-12-10-8-6-4-2)63-95-79-75(93)72(90)77(67(61-84)97-79)100-81-76(94)73(91)78(68(62-85)98-81)99-80-74(92)71(89)70(88)66(60-83)96-80/h5,7,11,13,17,19,23,25,29-30,32-33,35,37,41,43,47-50,56,58,64-68,70-81,83-86,88-94H,3-4,6,8-10,12,14-16,18,20-22,24,26-28,31,34,36,38-40,42,44-46,51-55,57,59-63H2,1-2H3,(H,82,87)/b7-5-,13-11-,19-17-,25-23-,30-29-,33-32-,37-35-,43-41-,49-47-,50-48+,58-56+. The Balaban J connectivity index is 1.43. The average molecular weight is 1410 g/mol. The Hall–Kier alpha value is -4.07. The summed E-state index contributed by atoms with van der Waals surface area (Å²) in [7, 11) is 0. The van der Waals surface area contributed by atoms with Crippen molar-refractivity contribution in [3.63, 3.8) is 0 Å². The molecule has 100 heavy (non-hydrogen) atoms. The molecule has 0 aliphatic carbocycles. The van der Waals surface area contributed by atoms with E-state index in [1.165, 1.54) is 109 Å². The van der Waals surface area contributed by atoms with Crippen LogP contribution in [0.15, 0.2) is 134 Å². The van der Waals surface area contributed by atoms with Crippen molar-refractivity contribution < 1.29 is 89.4 Å². The van der Waals surface area contributed by atoms with Gasteiger partial charge in [-0.3, -0.25) is 4.79 Å². The van der Waals surface area contributed by atoms with E-state index in [-0.39, 0.29) is 18.9 Å². The van der Waals surface area contributed by atoms with E-state index < -0.39 is 124 Å². The monoisotopic (exact) mass is 1410 g/mol. The molecule has 3 rings (SSSR count). The van der Waals surface area contributed by atoms with E-state index in [0.717, 1.165) is 96.3 Å². The summed E-state index contributed by atoms with van der Waals surface area (Å²) in [6.45, 7) is 1.58. The summed E-state index contributed by atoms with van der Waals surface area (Å²) >= 11 is 0. The number of allylic oxidation sites excluding steroid dienone is 21. The van der Waals surface area contributed by atoms with Gasteiger partial charge in [0.2, 0.25) is 5.91 Å². The van der Waals surface area contributed by atoms with Crippen LogP contribution in [0.5, 0.6) is 0 Å². The molecule has 19 nitrogen and oxygen atoms in total. The molecule has 0 radical (unpaired) electrons. The summed E-state index contributed by atoms with van der Waals surface area (Å²) in [5, 5.41) is 121. The third-order valence-corrected chi connectivity index (χ3v) is 18.2. The van der Waals surface area contributed by atoms with Crippen molar-refractivity contribution in [3.05, 3.63) is 134 Å². The maximum atomic E-state index is 13.4. The molecule has 3 fully saturated rings. The highest BCUT2D eigenvalue weighted by molar-refractivity contribution is 5.76. The molecule has 12 N–H and O–H groups in total. The first-order valence-electron chi connectivity index (χ1n) is 38.4. The minimum Gasteiger partial charge on any atom is -0.394 e. The molecule has 572 valence electrons. The van der Waals surface area contributed by atoms with Crippen LogP contribution >= 0.6 is 0 Å². The molecule has 0 saturated carbocycles. The molecule has 3 saturated heterocycles. The van der Waals surface area contributed by atoms with Crippen molar-refractivity contribution in [2.75, 3.05) is 26.4 Å².